The van der Waals surface area contributed by atoms with Crippen molar-refractivity contribution < 1.29 is 14.7 Å². The molecular formula is C11H21N3O4. The molecule has 0 aromatic carbocycles. The maximum absolute atomic E-state index is 11.9. The molecule has 2 N–H and O–H groups in total. The molecule has 1 fully saturated rings. The second kappa shape index (κ2) is 5.99. The molecule has 1 aliphatic heterocycles. The van der Waals surface area contributed by atoms with Crippen LogP contribution in [0.5, 0.6) is 0 Å². The molecule has 104 valence electrons. The van der Waals surface area contributed by atoms with Crippen molar-refractivity contribution in [2.75, 3.05) is 19.7 Å². The molecule has 0 aromatic heterocycles. The van der Waals surface area contributed by atoms with E-state index in [9.17, 15) is 14.9 Å². The Morgan fingerprint density at radius 2 is 2.06 bits per heavy atom. The maximum Gasteiger partial charge on any atom is 0.294 e. The lowest BCUT2D eigenvalue weighted by Gasteiger charge is -2.35. The summed E-state index contributed by atoms with van der Waals surface area (Å²) in [5.41, 5.74) is 4.94. The molecule has 0 bridgehead atoms. The zero-order chi connectivity index (χ0) is 13.8. The van der Waals surface area contributed by atoms with Crippen molar-refractivity contribution in [3.8, 4) is 0 Å². The van der Waals surface area contributed by atoms with E-state index >= 15 is 0 Å². The fourth-order valence-electron chi connectivity index (χ4n) is 2.13. The van der Waals surface area contributed by atoms with Gasteiger partial charge in [0.25, 0.3) is 5.09 Å². The van der Waals surface area contributed by atoms with Crippen molar-refractivity contribution in [2.24, 2.45) is 11.7 Å². The molecule has 7 heteroatoms. The van der Waals surface area contributed by atoms with Gasteiger partial charge in [-0.2, -0.15) is 0 Å². The third-order valence-electron chi connectivity index (χ3n) is 3.18. The number of carbonyl (C=O) groups is 1. The lowest BCUT2D eigenvalue weighted by molar-refractivity contribution is -0.758. The fraction of sp³-hybridized carbons (Fsp3) is 0.909. The van der Waals surface area contributed by atoms with Crippen molar-refractivity contribution in [3.05, 3.63) is 10.1 Å². The summed E-state index contributed by atoms with van der Waals surface area (Å²) in [7, 11) is 0. The van der Waals surface area contributed by atoms with E-state index < -0.39 is 10.6 Å². The van der Waals surface area contributed by atoms with E-state index in [2.05, 4.69) is 4.84 Å². The first-order chi connectivity index (χ1) is 8.30. The number of nitrogens with two attached hydrogens (primary N) is 1. The number of piperidine rings is 1. The molecule has 0 spiro atoms. The van der Waals surface area contributed by atoms with Crippen LogP contribution in [0.2, 0.25) is 0 Å². The summed E-state index contributed by atoms with van der Waals surface area (Å²) in [6.45, 7) is 4.87. The second-order valence-corrected chi connectivity index (χ2v) is 5.30. The van der Waals surface area contributed by atoms with E-state index in [0.29, 0.717) is 25.4 Å². The first kappa shape index (κ1) is 14.7. The van der Waals surface area contributed by atoms with Crippen molar-refractivity contribution in [1.29, 1.82) is 0 Å². The highest BCUT2D eigenvalue weighted by Crippen LogP contribution is 2.22. The predicted molar refractivity (Wildman–Crippen MR) is 65.1 cm³/mol. The average Bonchev–Trinajstić information content (AvgIpc) is 2.27. The minimum absolute atomic E-state index is 0.0394. The van der Waals surface area contributed by atoms with Crippen molar-refractivity contribution in [1.82, 2.24) is 4.90 Å². The minimum atomic E-state index is -0.832. The van der Waals surface area contributed by atoms with Crippen LogP contribution in [0.25, 0.3) is 0 Å². The molecule has 0 radical (unpaired) electrons. The number of hydrogen-bond acceptors (Lipinski definition) is 5. The number of nitrogens with zero attached hydrogens (tertiary/aromatic N) is 2. The van der Waals surface area contributed by atoms with E-state index in [1.807, 2.05) is 0 Å². The van der Waals surface area contributed by atoms with E-state index in [4.69, 9.17) is 5.73 Å². The maximum atomic E-state index is 11.9. The van der Waals surface area contributed by atoms with E-state index in [1.165, 1.54) is 0 Å². The Bertz CT molecular complexity index is 306. The topological polar surface area (TPSA) is 98.7 Å². The van der Waals surface area contributed by atoms with Gasteiger partial charge in [0.2, 0.25) is 5.91 Å². The van der Waals surface area contributed by atoms with Gasteiger partial charge in [-0.05, 0) is 39.0 Å². The van der Waals surface area contributed by atoms with Crippen LogP contribution in [-0.4, -0.2) is 41.1 Å². The fourth-order valence-corrected chi connectivity index (χ4v) is 2.13. The van der Waals surface area contributed by atoms with Gasteiger partial charge in [0.05, 0.1) is 12.1 Å². The first-order valence-corrected chi connectivity index (χ1v) is 6.16. The molecule has 7 nitrogen and oxygen atoms in total. The van der Waals surface area contributed by atoms with Crippen LogP contribution in [0.1, 0.15) is 33.1 Å². The van der Waals surface area contributed by atoms with Gasteiger partial charge in [0.1, 0.15) is 0 Å². The lowest BCUT2D eigenvalue weighted by Crippen LogP contribution is -2.53. The van der Waals surface area contributed by atoms with Crippen LogP contribution in [0, 0.1) is 16.0 Å². The summed E-state index contributed by atoms with van der Waals surface area (Å²) in [6, 6.07) is 0. The Morgan fingerprint density at radius 3 is 2.50 bits per heavy atom. The zero-order valence-electron chi connectivity index (χ0n) is 10.9. The molecule has 1 aliphatic rings. The summed E-state index contributed by atoms with van der Waals surface area (Å²) < 4.78 is 0. The normalized spacial score (nSPS) is 17.6. The van der Waals surface area contributed by atoms with Gasteiger partial charge in [0, 0.05) is 13.1 Å². The molecule has 0 aromatic rings. The van der Waals surface area contributed by atoms with Crippen molar-refractivity contribution in [2.45, 2.75) is 38.6 Å². The standard InChI is InChI=1S/C11H21N3O4/c1-11(2,12)10(15)13-6-3-9(4-7-13)5-8-18-14(16)17/h9H,3-8,12H2,1-2H3. The monoisotopic (exact) mass is 259 g/mol. The molecular weight excluding hydrogens is 238 g/mol. The molecule has 1 amide bonds. The highest BCUT2D eigenvalue weighted by molar-refractivity contribution is 5.85. The molecule has 0 atom stereocenters. The number of carbonyl (C=O) groups excluding carboxylic acids is 1. The van der Waals surface area contributed by atoms with Crippen molar-refractivity contribution >= 4 is 5.91 Å². The van der Waals surface area contributed by atoms with Crippen LogP contribution in [0.15, 0.2) is 0 Å². The first-order valence-electron chi connectivity index (χ1n) is 6.16. The summed E-state index contributed by atoms with van der Waals surface area (Å²) in [5, 5.41) is 9.24. The van der Waals surface area contributed by atoms with E-state index in [1.54, 1.807) is 18.7 Å². The highest BCUT2D eigenvalue weighted by Gasteiger charge is 2.30. The molecule has 18 heavy (non-hydrogen) atoms. The number of likely N-dealkylation sites (tertiary alicyclic amines) is 1. The molecule has 1 saturated heterocycles. The van der Waals surface area contributed by atoms with Crippen LogP contribution in [0.3, 0.4) is 0 Å². The molecule has 1 heterocycles. The number of hydrogen-bond donors (Lipinski definition) is 1. The van der Waals surface area contributed by atoms with E-state index in [-0.39, 0.29) is 12.5 Å². The third kappa shape index (κ3) is 4.48. The lowest BCUT2D eigenvalue weighted by atomic mass is 9.92. The summed E-state index contributed by atoms with van der Waals surface area (Å²) in [6.07, 6.45) is 2.36. The largest absolute Gasteiger partial charge is 0.341 e. The molecule has 0 unspecified atom stereocenters. The zero-order valence-corrected chi connectivity index (χ0v) is 10.9. The smallest absolute Gasteiger partial charge is 0.294 e. The van der Waals surface area contributed by atoms with Gasteiger partial charge in [0.15, 0.2) is 0 Å². The van der Waals surface area contributed by atoms with Gasteiger partial charge in [-0.25, -0.2) is 0 Å². The molecule has 0 aliphatic carbocycles. The molecule has 0 saturated carbocycles. The Hall–Kier alpha value is -1.37. The summed E-state index contributed by atoms with van der Waals surface area (Å²) in [4.78, 5) is 28.0. The number of rotatable bonds is 5. The van der Waals surface area contributed by atoms with Gasteiger partial charge in [-0.1, -0.05) is 0 Å². The Balaban J connectivity index is 2.28. The Labute approximate surface area is 106 Å². The Kier molecular flexibility index (Phi) is 4.89. The number of amides is 1. The average molecular weight is 259 g/mol. The van der Waals surface area contributed by atoms with Crippen LogP contribution in [0.4, 0.5) is 0 Å². The van der Waals surface area contributed by atoms with Gasteiger partial charge in [-0.15, -0.1) is 10.1 Å². The summed E-state index contributed by atoms with van der Waals surface area (Å²) >= 11 is 0. The van der Waals surface area contributed by atoms with E-state index in [0.717, 1.165) is 12.8 Å². The summed E-state index contributed by atoms with van der Waals surface area (Å²) in [5.74, 6) is 0.345. The molecule has 1 rings (SSSR count). The van der Waals surface area contributed by atoms with Gasteiger partial charge >= 0.3 is 0 Å². The van der Waals surface area contributed by atoms with Crippen LogP contribution in [-0.2, 0) is 9.63 Å². The SMILES string of the molecule is CC(C)(N)C(=O)N1CCC(CCO[N+](=O)[O-])CC1. The Morgan fingerprint density at radius 1 is 1.50 bits per heavy atom. The van der Waals surface area contributed by atoms with Gasteiger partial charge in [-0.3, -0.25) is 4.79 Å². The van der Waals surface area contributed by atoms with Crippen molar-refractivity contribution in [3.63, 3.8) is 0 Å². The van der Waals surface area contributed by atoms with Crippen LogP contribution >= 0.6 is 0 Å². The second-order valence-electron chi connectivity index (χ2n) is 5.30. The third-order valence-corrected chi connectivity index (χ3v) is 3.18. The predicted octanol–water partition coefficient (Wildman–Crippen LogP) is 0.561. The quantitative estimate of drug-likeness (QED) is 0.574. The highest BCUT2D eigenvalue weighted by atomic mass is 16.9. The minimum Gasteiger partial charge on any atom is -0.341 e. The van der Waals surface area contributed by atoms with Crippen LogP contribution < -0.4 is 5.73 Å². The van der Waals surface area contributed by atoms with Gasteiger partial charge < -0.3 is 15.5 Å².